The highest BCUT2D eigenvalue weighted by atomic mass is 16.5. The minimum Gasteiger partial charge on any atom is -0.461 e. The Hall–Kier alpha value is -1.75. The summed E-state index contributed by atoms with van der Waals surface area (Å²) >= 11 is 0. The second kappa shape index (κ2) is 5.27. The molecule has 0 spiro atoms. The minimum absolute atomic E-state index is 0.362. The molecule has 0 radical (unpaired) electrons. The van der Waals surface area contributed by atoms with Gasteiger partial charge in [0.2, 0.25) is 0 Å². The number of nitrogens with zero attached hydrogens (tertiary/aromatic N) is 3. The Kier molecular flexibility index (Phi) is 3.32. The highest BCUT2D eigenvalue weighted by molar-refractivity contribution is 5.73. The molecule has 2 aromatic rings. The van der Waals surface area contributed by atoms with E-state index in [1.807, 2.05) is 24.3 Å². The van der Waals surface area contributed by atoms with Crippen LogP contribution in [0.1, 0.15) is 19.3 Å². The van der Waals surface area contributed by atoms with Crippen molar-refractivity contribution in [3.63, 3.8) is 0 Å². The quantitative estimate of drug-likeness (QED) is 0.887. The van der Waals surface area contributed by atoms with Crippen molar-refractivity contribution in [2.24, 2.45) is 0 Å². The van der Waals surface area contributed by atoms with Crippen molar-refractivity contribution in [2.45, 2.75) is 25.3 Å². The van der Waals surface area contributed by atoms with Crippen LogP contribution in [0.25, 0.3) is 11.0 Å². The molecule has 3 rings (SSSR count). The minimum atomic E-state index is 0.362. The van der Waals surface area contributed by atoms with Crippen LogP contribution in [0.5, 0.6) is 6.01 Å². The average molecular weight is 244 g/mol. The van der Waals surface area contributed by atoms with E-state index >= 15 is 0 Å². The summed E-state index contributed by atoms with van der Waals surface area (Å²) in [6.07, 6.45) is 3.67. The first-order valence-electron chi connectivity index (χ1n) is 6.37. The molecule has 2 heterocycles. The molecule has 1 fully saturated rings. The van der Waals surface area contributed by atoms with Gasteiger partial charge in [0.15, 0.2) is 0 Å². The SMILES string of the molecule is c1ccc2nc(OCC3CCCCN3)nnc2c1. The number of fused-ring (bicyclic) bond motifs is 1. The lowest BCUT2D eigenvalue weighted by Gasteiger charge is -2.22. The van der Waals surface area contributed by atoms with Gasteiger partial charge in [-0.3, -0.25) is 0 Å². The normalized spacial score (nSPS) is 19.9. The molecule has 1 aliphatic heterocycles. The maximum atomic E-state index is 5.61. The highest BCUT2D eigenvalue weighted by Gasteiger charge is 2.13. The second-order valence-electron chi connectivity index (χ2n) is 4.54. The number of piperidine rings is 1. The van der Waals surface area contributed by atoms with Crippen molar-refractivity contribution < 1.29 is 4.74 Å². The molecule has 0 bridgehead atoms. The lowest BCUT2D eigenvalue weighted by atomic mass is 10.1. The Labute approximate surface area is 106 Å². The number of nitrogens with one attached hydrogen (secondary N) is 1. The first kappa shape index (κ1) is 11.3. The van der Waals surface area contributed by atoms with Gasteiger partial charge < -0.3 is 10.1 Å². The standard InChI is InChI=1S/C13H16N4O/c1-2-7-12-11(6-1)15-13(17-16-12)18-9-10-5-3-4-8-14-10/h1-2,6-7,10,14H,3-5,8-9H2. The third-order valence-corrected chi connectivity index (χ3v) is 3.17. The van der Waals surface area contributed by atoms with Crippen LogP contribution in [0, 0.1) is 0 Å². The number of para-hydroxylation sites is 1. The van der Waals surface area contributed by atoms with Crippen LogP contribution in [0.3, 0.4) is 0 Å². The molecule has 1 aromatic carbocycles. The highest BCUT2D eigenvalue weighted by Crippen LogP contribution is 2.12. The average Bonchev–Trinajstić information content (AvgIpc) is 2.46. The van der Waals surface area contributed by atoms with Gasteiger partial charge >= 0.3 is 6.01 Å². The predicted molar refractivity (Wildman–Crippen MR) is 68.5 cm³/mol. The predicted octanol–water partition coefficient (Wildman–Crippen LogP) is 1.55. The molecule has 1 aromatic heterocycles. The van der Waals surface area contributed by atoms with Crippen molar-refractivity contribution in [1.82, 2.24) is 20.5 Å². The Morgan fingerprint density at radius 1 is 1.17 bits per heavy atom. The molecule has 18 heavy (non-hydrogen) atoms. The molecular formula is C13H16N4O. The van der Waals surface area contributed by atoms with Gasteiger partial charge in [-0.2, -0.15) is 4.98 Å². The third kappa shape index (κ3) is 2.56. The van der Waals surface area contributed by atoms with Crippen molar-refractivity contribution in [3.05, 3.63) is 24.3 Å². The molecular weight excluding hydrogens is 228 g/mol. The monoisotopic (exact) mass is 244 g/mol. The van der Waals surface area contributed by atoms with E-state index in [2.05, 4.69) is 20.5 Å². The summed E-state index contributed by atoms with van der Waals surface area (Å²) in [6, 6.07) is 8.43. The summed E-state index contributed by atoms with van der Waals surface area (Å²) in [5, 5.41) is 11.5. The first-order valence-corrected chi connectivity index (χ1v) is 6.37. The van der Waals surface area contributed by atoms with Crippen molar-refractivity contribution in [3.8, 4) is 6.01 Å². The molecule has 0 saturated carbocycles. The van der Waals surface area contributed by atoms with Crippen molar-refractivity contribution in [1.29, 1.82) is 0 Å². The molecule has 1 atom stereocenters. The van der Waals surface area contributed by atoms with Gasteiger partial charge in [-0.15, -0.1) is 5.10 Å². The molecule has 1 N–H and O–H groups in total. The number of ether oxygens (including phenoxy) is 1. The van der Waals surface area contributed by atoms with Crippen molar-refractivity contribution in [2.75, 3.05) is 13.2 Å². The zero-order chi connectivity index (χ0) is 12.2. The van der Waals surface area contributed by atoms with E-state index in [9.17, 15) is 0 Å². The summed E-state index contributed by atoms with van der Waals surface area (Å²) in [5.74, 6) is 0. The van der Waals surface area contributed by atoms with E-state index in [4.69, 9.17) is 4.74 Å². The second-order valence-corrected chi connectivity index (χ2v) is 4.54. The van der Waals surface area contributed by atoms with E-state index in [-0.39, 0.29) is 0 Å². The van der Waals surface area contributed by atoms with Crippen molar-refractivity contribution >= 4 is 11.0 Å². The Morgan fingerprint density at radius 2 is 2.06 bits per heavy atom. The molecule has 1 aliphatic rings. The number of aromatic nitrogens is 3. The molecule has 0 amide bonds. The number of hydrogen-bond acceptors (Lipinski definition) is 5. The van der Waals surface area contributed by atoms with Crippen LogP contribution in [0.15, 0.2) is 24.3 Å². The van der Waals surface area contributed by atoms with Gasteiger partial charge in [0.1, 0.15) is 12.1 Å². The topological polar surface area (TPSA) is 59.9 Å². The first-order chi connectivity index (χ1) is 8.92. The van der Waals surface area contributed by atoms with Gasteiger partial charge in [0.05, 0.1) is 5.52 Å². The Bertz CT molecular complexity index is 525. The largest absolute Gasteiger partial charge is 0.461 e. The van der Waals surface area contributed by atoms with Crippen LogP contribution >= 0.6 is 0 Å². The van der Waals surface area contributed by atoms with Gasteiger partial charge in [-0.05, 0) is 31.5 Å². The van der Waals surface area contributed by atoms with E-state index in [0.717, 1.165) is 24.0 Å². The van der Waals surface area contributed by atoms with E-state index < -0.39 is 0 Å². The molecule has 5 heteroatoms. The number of hydrogen-bond donors (Lipinski definition) is 1. The summed E-state index contributed by atoms with van der Waals surface area (Å²) in [6.45, 7) is 1.69. The summed E-state index contributed by atoms with van der Waals surface area (Å²) in [7, 11) is 0. The summed E-state index contributed by atoms with van der Waals surface area (Å²) < 4.78 is 5.61. The number of benzene rings is 1. The third-order valence-electron chi connectivity index (χ3n) is 3.17. The van der Waals surface area contributed by atoms with Gasteiger partial charge in [0.25, 0.3) is 0 Å². The smallest absolute Gasteiger partial charge is 0.336 e. The fraction of sp³-hybridized carbons (Fsp3) is 0.462. The Morgan fingerprint density at radius 3 is 2.89 bits per heavy atom. The Balaban J connectivity index is 1.66. The fourth-order valence-corrected chi connectivity index (χ4v) is 2.17. The maximum Gasteiger partial charge on any atom is 0.336 e. The lowest BCUT2D eigenvalue weighted by molar-refractivity contribution is 0.223. The zero-order valence-corrected chi connectivity index (χ0v) is 10.2. The summed E-state index contributed by atoms with van der Waals surface area (Å²) in [5.41, 5.74) is 1.61. The summed E-state index contributed by atoms with van der Waals surface area (Å²) in [4.78, 5) is 4.34. The van der Waals surface area contributed by atoms with Crippen LogP contribution in [-0.2, 0) is 0 Å². The molecule has 1 unspecified atom stereocenters. The van der Waals surface area contributed by atoms with Gasteiger partial charge in [0, 0.05) is 6.04 Å². The van der Waals surface area contributed by atoms with Gasteiger partial charge in [-0.25, -0.2) is 0 Å². The van der Waals surface area contributed by atoms with E-state index in [1.165, 1.54) is 12.8 Å². The molecule has 0 aliphatic carbocycles. The maximum absolute atomic E-state index is 5.61. The molecule has 94 valence electrons. The van der Waals surface area contributed by atoms with Crippen LogP contribution in [-0.4, -0.2) is 34.4 Å². The van der Waals surface area contributed by atoms with E-state index in [0.29, 0.717) is 18.7 Å². The van der Waals surface area contributed by atoms with Crippen LogP contribution in [0.4, 0.5) is 0 Å². The fourth-order valence-electron chi connectivity index (χ4n) is 2.17. The number of rotatable bonds is 3. The van der Waals surface area contributed by atoms with E-state index in [1.54, 1.807) is 0 Å². The van der Waals surface area contributed by atoms with Crippen LogP contribution in [0.2, 0.25) is 0 Å². The van der Waals surface area contributed by atoms with Gasteiger partial charge in [-0.1, -0.05) is 23.7 Å². The lowest BCUT2D eigenvalue weighted by Crippen LogP contribution is -2.38. The molecule has 5 nitrogen and oxygen atoms in total. The van der Waals surface area contributed by atoms with Crippen LogP contribution < -0.4 is 10.1 Å². The zero-order valence-electron chi connectivity index (χ0n) is 10.2. The molecule has 1 saturated heterocycles.